The highest BCUT2D eigenvalue weighted by molar-refractivity contribution is 7.07. The molecule has 0 fully saturated rings. The van der Waals surface area contributed by atoms with Crippen LogP contribution in [0.2, 0.25) is 0 Å². The van der Waals surface area contributed by atoms with E-state index in [9.17, 15) is 18.0 Å². The van der Waals surface area contributed by atoms with E-state index in [0.29, 0.717) is 22.7 Å². The summed E-state index contributed by atoms with van der Waals surface area (Å²) >= 11 is 1.42. The summed E-state index contributed by atoms with van der Waals surface area (Å²) in [5, 5.41) is 6.42. The molecular formula is C32H30F3N5O3S. The molecule has 5 rings (SSSR count). The van der Waals surface area contributed by atoms with Crippen LogP contribution in [0.25, 0.3) is 22.8 Å². The van der Waals surface area contributed by atoms with Crippen molar-refractivity contribution in [1.82, 2.24) is 19.3 Å². The number of hydrogen-bond acceptors (Lipinski definition) is 6. The summed E-state index contributed by atoms with van der Waals surface area (Å²) < 4.78 is 50.1. The standard InChI is InChI=1S/C32H30F3N5O3S/c1-20(2)27-15-14-26(42-4)17-28(27)40-21(3)18-44-31(40)37-29(41)16-7-22-5-8-23(9-6-22)30-36-19-39(38-30)24-10-12-25(13-11-24)43-32(33,34)35/h5-6,8-15,17-20H,7,16H2,1-4H3. The molecule has 12 heteroatoms. The lowest BCUT2D eigenvalue weighted by Gasteiger charge is -2.16. The lowest BCUT2D eigenvalue weighted by atomic mass is 10.0. The van der Waals surface area contributed by atoms with Crippen molar-refractivity contribution in [2.75, 3.05) is 7.11 Å². The predicted molar refractivity (Wildman–Crippen MR) is 161 cm³/mol. The van der Waals surface area contributed by atoms with E-state index >= 15 is 0 Å². The van der Waals surface area contributed by atoms with Crippen LogP contribution in [-0.4, -0.2) is 38.7 Å². The molecule has 44 heavy (non-hydrogen) atoms. The molecule has 0 aliphatic heterocycles. The number of hydrogen-bond donors (Lipinski definition) is 0. The van der Waals surface area contributed by atoms with Crippen LogP contribution in [0.15, 0.2) is 83.4 Å². The Balaban J connectivity index is 1.26. The summed E-state index contributed by atoms with van der Waals surface area (Å²) in [6, 6.07) is 18.9. The molecule has 0 aliphatic rings. The maximum absolute atomic E-state index is 13.0. The molecule has 0 N–H and O–H groups in total. The molecule has 0 saturated carbocycles. The van der Waals surface area contributed by atoms with Crippen molar-refractivity contribution < 1.29 is 27.4 Å². The zero-order valence-electron chi connectivity index (χ0n) is 24.5. The second kappa shape index (κ2) is 12.9. The van der Waals surface area contributed by atoms with Gasteiger partial charge in [0.15, 0.2) is 10.6 Å². The fourth-order valence-corrected chi connectivity index (χ4v) is 5.53. The number of alkyl halides is 3. The number of carbonyl (C=O) groups is 1. The number of rotatable bonds is 9. The lowest BCUT2D eigenvalue weighted by molar-refractivity contribution is -0.274. The number of ether oxygens (including phenoxy) is 2. The van der Waals surface area contributed by atoms with Gasteiger partial charge in [-0.05, 0) is 60.7 Å². The largest absolute Gasteiger partial charge is 0.573 e. The van der Waals surface area contributed by atoms with E-state index in [1.807, 2.05) is 59.3 Å². The van der Waals surface area contributed by atoms with Crippen molar-refractivity contribution >= 4 is 17.2 Å². The molecule has 2 heterocycles. The van der Waals surface area contributed by atoms with Crippen LogP contribution < -0.4 is 14.3 Å². The Morgan fingerprint density at radius 2 is 1.73 bits per heavy atom. The van der Waals surface area contributed by atoms with Gasteiger partial charge in [-0.2, -0.15) is 4.99 Å². The Labute approximate surface area is 256 Å². The van der Waals surface area contributed by atoms with E-state index in [0.717, 1.165) is 33.8 Å². The molecular weight excluding hydrogens is 591 g/mol. The van der Waals surface area contributed by atoms with E-state index in [1.165, 1.54) is 46.6 Å². The van der Waals surface area contributed by atoms with Crippen LogP contribution in [-0.2, 0) is 11.2 Å². The number of aromatic nitrogens is 4. The molecule has 228 valence electrons. The molecule has 0 spiro atoms. The first-order valence-electron chi connectivity index (χ1n) is 13.8. The van der Waals surface area contributed by atoms with Crippen LogP contribution >= 0.6 is 11.3 Å². The summed E-state index contributed by atoms with van der Waals surface area (Å²) in [6.45, 7) is 6.24. The van der Waals surface area contributed by atoms with Crippen LogP contribution in [0.1, 0.15) is 43.0 Å². The van der Waals surface area contributed by atoms with Crippen molar-refractivity contribution in [2.24, 2.45) is 4.99 Å². The molecule has 0 bridgehead atoms. The Hall–Kier alpha value is -4.71. The number of nitrogens with zero attached hydrogens (tertiary/aromatic N) is 5. The minimum absolute atomic E-state index is 0.217. The van der Waals surface area contributed by atoms with Crippen LogP contribution in [0.4, 0.5) is 13.2 Å². The Morgan fingerprint density at radius 1 is 1.02 bits per heavy atom. The van der Waals surface area contributed by atoms with E-state index in [2.05, 4.69) is 33.7 Å². The van der Waals surface area contributed by atoms with Gasteiger partial charge in [0.25, 0.3) is 0 Å². The number of thiazole rings is 1. The van der Waals surface area contributed by atoms with Gasteiger partial charge in [-0.25, -0.2) is 9.67 Å². The molecule has 0 aliphatic carbocycles. The van der Waals surface area contributed by atoms with E-state index < -0.39 is 6.36 Å². The molecule has 0 atom stereocenters. The molecule has 0 radical (unpaired) electrons. The quantitative estimate of drug-likeness (QED) is 0.174. The van der Waals surface area contributed by atoms with E-state index in [-0.39, 0.29) is 24.0 Å². The highest BCUT2D eigenvalue weighted by Crippen LogP contribution is 2.28. The third kappa shape index (κ3) is 7.25. The second-order valence-corrected chi connectivity index (χ2v) is 11.2. The van der Waals surface area contributed by atoms with E-state index in [4.69, 9.17) is 4.74 Å². The average Bonchev–Trinajstić information content (AvgIpc) is 3.62. The fraction of sp³-hybridized carbons (Fsp3) is 0.250. The first-order chi connectivity index (χ1) is 21.0. The zero-order chi connectivity index (χ0) is 31.4. The number of carbonyl (C=O) groups excluding carboxylic acids is 1. The number of benzene rings is 3. The second-order valence-electron chi connectivity index (χ2n) is 10.3. The summed E-state index contributed by atoms with van der Waals surface area (Å²) in [5.74, 6) is 0.926. The number of aryl methyl sites for hydroxylation is 2. The smallest absolute Gasteiger partial charge is 0.497 e. The molecule has 5 aromatic rings. The van der Waals surface area contributed by atoms with Gasteiger partial charge in [0, 0.05) is 29.1 Å². The van der Waals surface area contributed by atoms with Gasteiger partial charge >= 0.3 is 6.36 Å². The van der Waals surface area contributed by atoms with Crippen molar-refractivity contribution in [3.63, 3.8) is 0 Å². The average molecular weight is 622 g/mol. The van der Waals surface area contributed by atoms with Gasteiger partial charge < -0.3 is 9.47 Å². The normalized spacial score (nSPS) is 12.1. The SMILES string of the molecule is COc1ccc(C(C)C)c(-n2c(C)csc2=NC(=O)CCc2ccc(-c3ncn(-c4ccc(OC(F)(F)F)cc4)n3)cc2)c1. The van der Waals surface area contributed by atoms with Gasteiger partial charge in [-0.15, -0.1) is 29.6 Å². The summed E-state index contributed by atoms with van der Waals surface area (Å²) in [4.78, 5) is 22.3. The predicted octanol–water partition coefficient (Wildman–Crippen LogP) is 7.19. The van der Waals surface area contributed by atoms with Gasteiger partial charge in [-0.1, -0.05) is 44.2 Å². The van der Waals surface area contributed by atoms with Crippen molar-refractivity contribution in [1.29, 1.82) is 0 Å². The van der Waals surface area contributed by atoms with Crippen LogP contribution in [0, 0.1) is 6.92 Å². The molecule has 0 saturated heterocycles. The number of methoxy groups -OCH3 is 1. The number of amides is 1. The molecule has 8 nitrogen and oxygen atoms in total. The van der Waals surface area contributed by atoms with Gasteiger partial charge in [-0.3, -0.25) is 9.36 Å². The van der Waals surface area contributed by atoms with Crippen LogP contribution in [0.3, 0.4) is 0 Å². The first kappa shape index (κ1) is 30.7. The third-order valence-electron chi connectivity index (χ3n) is 6.87. The highest BCUT2D eigenvalue weighted by Gasteiger charge is 2.31. The Kier molecular flexibility index (Phi) is 9.00. The van der Waals surface area contributed by atoms with E-state index in [1.54, 1.807) is 7.11 Å². The van der Waals surface area contributed by atoms with Gasteiger partial charge in [0.2, 0.25) is 5.91 Å². The maximum Gasteiger partial charge on any atom is 0.573 e. The maximum atomic E-state index is 13.0. The highest BCUT2D eigenvalue weighted by atomic mass is 32.1. The summed E-state index contributed by atoms with van der Waals surface area (Å²) in [5.41, 5.74) is 5.32. The Bertz CT molecular complexity index is 1820. The van der Waals surface area contributed by atoms with Crippen molar-refractivity contribution in [3.8, 4) is 34.3 Å². The summed E-state index contributed by atoms with van der Waals surface area (Å²) in [6.07, 6.45) is -2.52. The monoisotopic (exact) mass is 621 g/mol. The molecule has 0 unspecified atom stereocenters. The topological polar surface area (TPSA) is 83.5 Å². The van der Waals surface area contributed by atoms with Gasteiger partial charge in [0.05, 0.1) is 18.5 Å². The molecule has 2 aromatic heterocycles. The zero-order valence-corrected chi connectivity index (χ0v) is 25.3. The van der Waals surface area contributed by atoms with Gasteiger partial charge in [0.1, 0.15) is 17.8 Å². The Morgan fingerprint density at radius 3 is 2.39 bits per heavy atom. The molecule has 3 aromatic carbocycles. The minimum atomic E-state index is -4.75. The minimum Gasteiger partial charge on any atom is -0.497 e. The van der Waals surface area contributed by atoms with Crippen molar-refractivity contribution in [2.45, 2.75) is 45.9 Å². The van der Waals surface area contributed by atoms with Crippen molar-refractivity contribution in [3.05, 3.63) is 100 Å². The first-order valence-corrected chi connectivity index (χ1v) is 14.7. The van der Waals surface area contributed by atoms with Crippen LogP contribution in [0.5, 0.6) is 11.5 Å². The fourth-order valence-electron chi connectivity index (χ4n) is 4.65. The number of halogens is 3. The third-order valence-corrected chi connectivity index (χ3v) is 7.81. The lowest BCUT2D eigenvalue weighted by Crippen LogP contribution is -2.18. The molecule has 1 amide bonds. The summed E-state index contributed by atoms with van der Waals surface area (Å²) in [7, 11) is 1.63.